The fourth-order valence-corrected chi connectivity index (χ4v) is 6.89. The number of nitrogens with one attached hydrogen (secondary N) is 1. The van der Waals surface area contributed by atoms with Crippen LogP contribution in [0.3, 0.4) is 0 Å². The highest BCUT2D eigenvalue weighted by Gasteiger charge is 2.52. The molecule has 2 bridgehead atoms. The lowest BCUT2D eigenvalue weighted by molar-refractivity contribution is -0.156. The van der Waals surface area contributed by atoms with Gasteiger partial charge in [0.2, 0.25) is 0 Å². The Morgan fingerprint density at radius 3 is 2.30 bits per heavy atom. The molecule has 194 valence electrons. The molecule has 3 heterocycles. The van der Waals surface area contributed by atoms with Gasteiger partial charge in [0.1, 0.15) is 5.75 Å². The van der Waals surface area contributed by atoms with E-state index in [1.54, 1.807) is 18.9 Å². The molecule has 5 atom stereocenters. The number of ether oxygens (including phenoxy) is 2. The van der Waals surface area contributed by atoms with Crippen LogP contribution in [0.5, 0.6) is 5.75 Å². The molecule has 6 heteroatoms. The molecular formula is C31H36N2O3S. The number of carbonyl (C=O) groups excluding carboxylic acids is 1. The van der Waals surface area contributed by atoms with Crippen LogP contribution in [0.4, 0.5) is 0 Å². The van der Waals surface area contributed by atoms with Crippen molar-refractivity contribution < 1.29 is 14.3 Å². The van der Waals surface area contributed by atoms with Gasteiger partial charge in [0, 0.05) is 41.6 Å². The van der Waals surface area contributed by atoms with Crippen LogP contribution in [-0.4, -0.2) is 56.5 Å². The van der Waals surface area contributed by atoms with Crippen molar-refractivity contribution in [2.45, 2.75) is 35.9 Å². The number of benzene rings is 3. The Balaban J connectivity index is 1.54. The van der Waals surface area contributed by atoms with Crippen LogP contribution in [0.1, 0.15) is 29.0 Å². The number of rotatable bonds is 9. The maximum absolute atomic E-state index is 12.9. The van der Waals surface area contributed by atoms with Crippen molar-refractivity contribution >= 4 is 17.7 Å². The zero-order valence-corrected chi connectivity index (χ0v) is 22.6. The first-order valence-electron chi connectivity index (χ1n) is 13.0. The maximum atomic E-state index is 12.9. The molecule has 0 spiro atoms. The minimum Gasteiger partial charge on any atom is -0.496 e. The number of hydrogen-bond acceptors (Lipinski definition) is 6. The Kier molecular flexibility index (Phi) is 8.18. The number of thioether (sulfide) groups is 1. The first-order chi connectivity index (χ1) is 18.1. The van der Waals surface area contributed by atoms with Crippen LogP contribution < -0.4 is 10.1 Å². The minimum absolute atomic E-state index is 0.0992. The lowest BCUT2D eigenvalue weighted by Crippen LogP contribution is -2.68. The second-order valence-electron chi connectivity index (χ2n) is 9.95. The zero-order chi connectivity index (χ0) is 25.8. The van der Waals surface area contributed by atoms with E-state index in [4.69, 9.17) is 9.47 Å². The second-order valence-corrected chi connectivity index (χ2v) is 10.8. The van der Waals surface area contributed by atoms with E-state index >= 15 is 0 Å². The molecule has 0 amide bonds. The average Bonchev–Trinajstić information content (AvgIpc) is 2.97. The van der Waals surface area contributed by atoms with Crippen molar-refractivity contribution in [1.29, 1.82) is 0 Å². The quantitative estimate of drug-likeness (QED) is 0.312. The SMILES string of the molecule is COC(=O)[C@H]1CN2CC[C@@H]1[C@H](NCc1cc(SC)ccc1OC)[C@H]2C(c1ccccc1)c1ccccc1. The lowest BCUT2D eigenvalue weighted by atomic mass is 9.66. The molecule has 1 N–H and O–H groups in total. The van der Waals surface area contributed by atoms with E-state index in [1.807, 2.05) is 6.07 Å². The number of methoxy groups -OCH3 is 2. The Labute approximate surface area is 224 Å². The molecule has 3 saturated heterocycles. The van der Waals surface area contributed by atoms with Crippen molar-refractivity contribution in [3.05, 3.63) is 95.6 Å². The van der Waals surface area contributed by atoms with Gasteiger partial charge in [-0.05, 0) is 54.5 Å². The summed E-state index contributed by atoms with van der Waals surface area (Å²) in [7, 11) is 3.23. The molecule has 0 aliphatic carbocycles. The van der Waals surface area contributed by atoms with Crippen LogP contribution in [0.15, 0.2) is 83.8 Å². The van der Waals surface area contributed by atoms with Gasteiger partial charge in [0.25, 0.3) is 0 Å². The van der Waals surface area contributed by atoms with E-state index in [2.05, 4.69) is 89.3 Å². The number of fused-ring (bicyclic) bond motifs is 3. The Hall–Kier alpha value is -2.80. The molecule has 3 aliphatic heterocycles. The third-order valence-electron chi connectivity index (χ3n) is 8.13. The van der Waals surface area contributed by atoms with Crippen molar-refractivity contribution in [2.24, 2.45) is 11.8 Å². The summed E-state index contributed by atoms with van der Waals surface area (Å²) in [5, 5.41) is 3.94. The van der Waals surface area contributed by atoms with Crippen molar-refractivity contribution in [3.63, 3.8) is 0 Å². The first kappa shape index (κ1) is 25.8. The molecule has 37 heavy (non-hydrogen) atoms. The van der Waals surface area contributed by atoms with E-state index in [1.165, 1.54) is 23.1 Å². The van der Waals surface area contributed by atoms with Gasteiger partial charge in [0.05, 0.1) is 20.1 Å². The highest BCUT2D eigenvalue weighted by atomic mass is 32.2. The van der Waals surface area contributed by atoms with E-state index in [9.17, 15) is 4.79 Å². The smallest absolute Gasteiger partial charge is 0.310 e. The maximum Gasteiger partial charge on any atom is 0.310 e. The molecule has 6 rings (SSSR count). The molecule has 3 aliphatic rings. The van der Waals surface area contributed by atoms with Gasteiger partial charge < -0.3 is 14.8 Å². The van der Waals surface area contributed by atoms with Gasteiger partial charge in [-0.2, -0.15) is 0 Å². The number of nitrogens with zero attached hydrogens (tertiary/aromatic N) is 1. The summed E-state index contributed by atoms with van der Waals surface area (Å²) < 4.78 is 11.0. The molecule has 3 aromatic rings. The third kappa shape index (κ3) is 5.28. The molecule has 5 nitrogen and oxygen atoms in total. The van der Waals surface area contributed by atoms with Crippen LogP contribution >= 0.6 is 11.8 Å². The number of piperidine rings is 3. The number of esters is 1. The van der Waals surface area contributed by atoms with Gasteiger partial charge in [0.15, 0.2) is 0 Å². The summed E-state index contributed by atoms with van der Waals surface area (Å²) in [6, 6.07) is 28.3. The van der Waals surface area contributed by atoms with E-state index in [-0.39, 0.29) is 35.8 Å². The average molecular weight is 517 g/mol. The fourth-order valence-electron chi connectivity index (χ4n) is 6.42. The van der Waals surface area contributed by atoms with E-state index in [0.717, 1.165) is 30.8 Å². The molecule has 3 aromatic carbocycles. The minimum atomic E-state index is -0.126. The van der Waals surface area contributed by atoms with Crippen LogP contribution in [0.25, 0.3) is 0 Å². The zero-order valence-electron chi connectivity index (χ0n) is 21.8. The number of hydrogen-bond donors (Lipinski definition) is 1. The molecule has 0 aromatic heterocycles. The highest BCUT2D eigenvalue weighted by Crippen LogP contribution is 2.44. The summed E-state index contributed by atoms with van der Waals surface area (Å²) in [6.07, 6.45) is 3.07. The van der Waals surface area contributed by atoms with Gasteiger partial charge >= 0.3 is 5.97 Å². The van der Waals surface area contributed by atoms with Gasteiger partial charge in [-0.15, -0.1) is 11.8 Å². The normalized spacial score (nSPS) is 24.7. The van der Waals surface area contributed by atoms with Gasteiger partial charge in [-0.25, -0.2) is 0 Å². The second kappa shape index (κ2) is 11.7. The largest absolute Gasteiger partial charge is 0.496 e. The molecule has 0 radical (unpaired) electrons. The Bertz CT molecular complexity index is 1150. The van der Waals surface area contributed by atoms with Crippen molar-refractivity contribution in [2.75, 3.05) is 33.6 Å². The summed E-state index contributed by atoms with van der Waals surface area (Å²) in [5.41, 5.74) is 3.74. The predicted molar refractivity (Wildman–Crippen MR) is 149 cm³/mol. The molecule has 1 unspecified atom stereocenters. The van der Waals surface area contributed by atoms with Crippen molar-refractivity contribution in [1.82, 2.24) is 10.2 Å². The van der Waals surface area contributed by atoms with Gasteiger partial charge in [-0.3, -0.25) is 9.69 Å². The summed E-state index contributed by atoms with van der Waals surface area (Å²) >= 11 is 1.73. The first-order valence-corrected chi connectivity index (χ1v) is 14.2. The molecule has 3 fully saturated rings. The predicted octanol–water partition coefficient (Wildman–Crippen LogP) is 5.20. The number of carbonyl (C=O) groups is 1. The topological polar surface area (TPSA) is 50.8 Å². The summed E-state index contributed by atoms with van der Waals surface area (Å²) in [6.45, 7) is 2.40. The summed E-state index contributed by atoms with van der Waals surface area (Å²) in [5.74, 6) is 1.04. The van der Waals surface area contributed by atoms with Crippen LogP contribution in [0.2, 0.25) is 0 Å². The molecule has 0 saturated carbocycles. The third-order valence-corrected chi connectivity index (χ3v) is 8.85. The van der Waals surface area contributed by atoms with E-state index in [0.29, 0.717) is 6.54 Å². The van der Waals surface area contributed by atoms with Crippen LogP contribution in [-0.2, 0) is 16.1 Å². The Morgan fingerprint density at radius 1 is 1.03 bits per heavy atom. The van der Waals surface area contributed by atoms with E-state index < -0.39 is 0 Å². The standard InChI is InChI=1S/C31H36N2O3S/c1-35-27-15-14-24(37-3)18-23(27)19-32-29-25-16-17-33(20-26(25)31(34)36-2)30(29)28(21-10-6-4-7-11-21)22-12-8-5-9-13-22/h4-15,18,25-26,28-30,32H,16-17,19-20H2,1-3H3/t25-,26-,29-,30+/m0/s1. The fraction of sp³-hybridized carbons (Fsp3) is 0.387. The monoisotopic (exact) mass is 516 g/mol. The van der Waals surface area contributed by atoms with Gasteiger partial charge in [-0.1, -0.05) is 60.7 Å². The highest BCUT2D eigenvalue weighted by molar-refractivity contribution is 7.98. The Morgan fingerprint density at radius 2 is 1.70 bits per heavy atom. The lowest BCUT2D eigenvalue weighted by Gasteiger charge is -2.56. The molecular weight excluding hydrogens is 480 g/mol. The van der Waals surface area contributed by atoms with Crippen LogP contribution in [0, 0.1) is 11.8 Å². The van der Waals surface area contributed by atoms with Crippen molar-refractivity contribution in [3.8, 4) is 5.75 Å². The summed E-state index contributed by atoms with van der Waals surface area (Å²) in [4.78, 5) is 16.6.